The summed E-state index contributed by atoms with van der Waals surface area (Å²) in [5.41, 5.74) is 21.2. The Labute approximate surface area is 261 Å². The predicted molar refractivity (Wildman–Crippen MR) is 158 cm³/mol. The molecule has 0 aromatic heterocycles. The molecule has 14 N–H and O–H groups in total. The Morgan fingerprint density at radius 2 is 1.78 bits per heavy atom. The van der Waals surface area contributed by atoms with Gasteiger partial charge in [-0.2, -0.15) is 0 Å². The standard InChI is InChI=1S/C25H40N8O11S/c26-12(23(40)41)3-1-5-16(36)32-18-21(39)33-19(24(42)43)11(10-45-22(18)33)9-44-17(37)7-15(35)14(4-2-6-30-25(28)29)31-20(38)13(27)8-34/h12-15,18,22,34-35H,1-10,26-27H2,(H,31,38)(H,32,36)(H,40,41)(H,42,43)(H4,28,29,30). The lowest BCUT2D eigenvalue weighted by Gasteiger charge is -2.49. The van der Waals surface area contributed by atoms with Crippen LogP contribution in [0.5, 0.6) is 0 Å². The Balaban J connectivity index is 1.98. The molecule has 2 aliphatic heterocycles. The molecule has 1 fully saturated rings. The monoisotopic (exact) mass is 660 g/mol. The van der Waals surface area contributed by atoms with Crippen molar-refractivity contribution in [1.82, 2.24) is 15.5 Å². The van der Waals surface area contributed by atoms with Crippen LogP contribution in [0.4, 0.5) is 0 Å². The molecule has 2 aliphatic rings. The molecule has 0 radical (unpaired) electrons. The van der Waals surface area contributed by atoms with Gasteiger partial charge in [-0.3, -0.25) is 33.9 Å². The largest absolute Gasteiger partial charge is 0.480 e. The Morgan fingerprint density at radius 3 is 2.38 bits per heavy atom. The van der Waals surface area contributed by atoms with Gasteiger partial charge in [0.05, 0.1) is 25.2 Å². The summed E-state index contributed by atoms with van der Waals surface area (Å²) in [6, 6.07) is -4.37. The number of hydrogen-bond donors (Lipinski definition) is 10. The van der Waals surface area contributed by atoms with Gasteiger partial charge in [-0.25, -0.2) is 4.79 Å². The molecule has 252 valence electrons. The molecule has 0 spiro atoms. The van der Waals surface area contributed by atoms with Crippen LogP contribution in [0.25, 0.3) is 0 Å². The number of carboxylic acids is 2. The zero-order valence-electron chi connectivity index (χ0n) is 24.3. The van der Waals surface area contributed by atoms with Gasteiger partial charge in [-0.1, -0.05) is 0 Å². The maximum absolute atomic E-state index is 12.8. The van der Waals surface area contributed by atoms with Crippen molar-refractivity contribution in [2.45, 2.75) is 74.2 Å². The number of nitrogens with zero attached hydrogens (tertiary/aromatic N) is 2. The van der Waals surface area contributed by atoms with Gasteiger partial charge in [0.15, 0.2) is 5.96 Å². The Hall–Kier alpha value is -3.98. The van der Waals surface area contributed by atoms with Gasteiger partial charge in [0.1, 0.15) is 35.8 Å². The average molecular weight is 661 g/mol. The van der Waals surface area contributed by atoms with Crippen LogP contribution in [-0.2, 0) is 33.5 Å². The van der Waals surface area contributed by atoms with Crippen molar-refractivity contribution < 1.29 is 53.9 Å². The predicted octanol–water partition coefficient (Wildman–Crippen LogP) is -4.54. The van der Waals surface area contributed by atoms with Crippen LogP contribution in [0.3, 0.4) is 0 Å². The smallest absolute Gasteiger partial charge is 0.352 e. The fourth-order valence-corrected chi connectivity index (χ4v) is 5.77. The van der Waals surface area contributed by atoms with Crippen molar-refractivity contribution in [3.8, 4) is 0 Å². The highest BCUT2D eigenvalue weighted by atomic mass is 32.2. The number of esters is 1. The van der Waals surface area contributed by atoms with E-state index in [1.54, 1.807) is 0 Å². The molecule has 2 rings (SSSR count). The summed E-state index contributed by atoms with van der Waals surface area (Å²) >= 11 is 1.15. The van der Waals surface area contributed by atoms with E-state index in [1.807, 2.05) is 0 Å². The van der Waals surface area contributed by atoms with E-state index in [1.165, 1.54) is 0 Å². The number of guanidine groups is 1. The molecular formula is C25H40N8O11S. The number of nitrogens with one attached hydrogen (secondary N) is 2. The number of ether oxygens (including phenoxy) is 1. The SMILES string of the molecule is NC(N)=NCCCC(NC(=O)C(N)CO)C(O)CC(=O)OCC1=C(C(=O)O)N2C(=O)C(NC(=O)CCCC(N)C(=O)O)C2SC1. The number of aliphatic hydroxyl groups is 2. The lowest BCUT2D eigenvalue weighted by molar-refractivity contribution is -0.151. The first-order chi connectivity index (χ1) is 21.2. The van der Waals surface area contributed by atoms with Gasteiger partial charge >= 0.3 is 17.9 Å². The van der Waals surface area contributed by atoms with E-state index in [0.29, 0.717) is 6.42 Å². The highest BCUT2D eigenvalue weighted by Gasteiger charge is 2.54. The first-order valence-electron chi connectivity index (χ1n) is 13.9. The number of thioether (sulfide) groups is 1. The number of aliphatic hydroxyl groups excluding tert-OH is 2. The lowest BCUT2D eigenvalue weighted by atomic mass is 10.0. The van der Waals surface area contributed by atoms with E-state index < -0.39 is 96.6 Å². The van der Waals surface area contributed by atoms with Gasteiger partial charge in [-0.15, -0.1) is 11.8 Å². The summed E-state index contributed by atoms with van der Waals surface area (Å²) in [4.78, 5) is 77.5. The number of nitrogens with two attached hydrogens (primary N) is 4. The summed E-state index contributed by atoms with van der Waals surface area (Å²) in [5, 5.41) is 42.7. The molecule has 0 bridgehead atoms. The summed E-state index contributed by atoms with van der Waals surface area (Å²) < 4.78 is 5.20. The molecule has 3 amide bonds. The highest BCUT2D eigenvalue weighted by molar-refractivity contribution is 8.00. The minimum Gasteiger partial charge on any atom is -0.480 e. The first kappa shape index (κ1) is 37.2. The summed E-state index contributed by atoms with van der Waals surface area (Å²) in [7, 11) is 0. The van der Waals surface area contributed by atoms with Gasteiger partial charge in [-0.05, 0) is 25.7 Å². The third kappa shape index (κ3) is 10.8. The number of fused-ring (bicyclic) bond motifs is 1. The van der Waals surface area contributed by atoms with Crippen molar-refractivity contribution in [1.29, 1.82) is 0 Å². The number of β-lactam (4-membered cyclic amide) rings is 1. The fraction of sp³-hybridized carbons (Fsp3) is 0.640. The number of rotatable bonds is 19. The van der Waals surface area contributed by atoms with Gasteiger partial charge < -0.3 is 58.7 Å². The Kier molecular flexibility index (Phi) is 14.5. The first-order valence-corrected chi connectivity index (χ1v) is 15.0. The fourth-order valence-electron chi connectivity index (χ4n) is 4.44. The van der Waals surface area contributed by atoms with E-state index in [-0.39, 0.29) is 49.5 Å². The minimum atomic E-state index is -1.45. The second kappa shape index (κ2) is 17.5. The van der Waals surface area contributed by atoms with Crippen LogP contribution in [-0.4, -0.2) is 128 Å². The van der Waals surface area contributed by atoms with Crippen molar-refractivity contribution in [2.24, 2.45) is 27.9 Å². The van der Waals surface area contributed by atoms with E-state index in [4.69, 9.17) is 37.9 Å². The third-order valence-electron chi connectivity index (χ3n) is 6.88. The molecule has 2 heterocycles. The number of carboxylic acid groups (broad SMARTS) is 2. The summed E-state index contributed by atoms with van der Waals surface area (Å²) in [5.74, 6) is -5.64. The van der Waals surface area contributed by atoms with E-state index in [9.17, 15) is 39.0 Å². The number of carbonyl (C=O) groups is 6. The molecule has 0 saturated carbocycles. The molecule has 45 heavy (non-hydrogen) atoms. The molecule has 19 nitrogen and oxygen atoms in total. The van der Waals surface area contributed by atoms with Crippen molar-refractivity contribution in [2.75, 3.05) is 25.5 Å². The number of amides is 3. The zero-order valence-corrected chi connectivity index (χ0v) is 25.1. The maximum atomic E-state index is 12.8. The van der Waals surface area contributed by atoms with Crippen molar-refractivity contribution >= 4 is 53.4 Å². The maximum Gasteiger partial charge on any atom is 0.352 e. The van der Waals surface area contributed by atoms with Gasteiger partial charge in [0.2, 0.25) is 11.8 Å². The van der Waals surface area contributed by atoms with Crippen LogP contribution in [0.1, 0.15) is 38.5 Å². The molecular weight excluding hydrogens is 620 g/mol. The van der Waals surface area contributed by atoms with Crippen LogP contribution in [0.15, 0.2) is 16.3 Å². The Bertz CT molecular complexity index is 1200. The highest BCUT2D eigenvalue weighted by Crippen LogP contribution is 2.40. The van der Waals surface area contributed by atoms with Crippen LogP contribution >= 0.6 is 11.8 Å². The zero-order chi connectivity index (χ0) is 33.8. The second-order valence-electron chi connectivity index (χ2n) is 10.3. The second-order valence-corrected chi connectivity index (χ2v) is 11.4. The van der Waals surface area contributed by atoms with E-state index in [0.717, 1.165) is 16.7 Å². The minimum absolute atomic E-state index is 0.0499. The summed E-state index contributed by atoms with van der Waals surface area (Å²) in [6.07, 6.45) is -1.46. The number of aliphatic carboxylic acids is 2. The molecule has 0 aromatic rings. The Morgan fingerprint density at radius 1 is 1.09 bits per heavy atom. The lowest BCUT2D eigenvalue weighted by Crippen LogP contribution is -2.70. The molecule has 6 atom stereocenters. The summed E-state index contributed by atoms with van der Waals surface area (Å²) in [6.45, 7) is -0.987. The normalized spacial score (nSPS) is 20.1. The average Bonchev–Trinajstić information content (AvgIpc) is 2.98. The third-order valence-corrected chi connectivity index (χ3v) is 8.22. The van der Waals surface area contributed by atoms with Crippen LogP contribution in [0.2, 0.25) is 0 Å². The van der Waals surface area contributed by atoms with Crippen molar-refractivity contribution in [3.05, 3.63) is 11.3 Å². The molecule has 6 unspecified atom stereocenters. The molecule has 20 heteroatoms. The van der Waals surface area contributed by atoms with Crippen LogP contribution in [0, 0.1) is 0 Å². The number of carbonyl (C=O) groups excluding carboxylic acids is 4. The molecule has 1 saturated heterocycles. The van der Waals surface area contributed by atoms with Crippen molar-refractivity contribution in [3.63, 3.8) is 0 Å². The number of aliphatic imine (C=N–C) groups is 1. The van der Waals surface area contributed by atoms with E-state index >= 15 is 0 Å². The van der Waals surface area contributed by atoms with E-state index in [2.05, 4.69) is 15.6 Å². The topological polar surface area (TPSA) is 336 Å². The molecule has 0 aliphatic carbocycles. The quantitative estimate of drug-likeness (QED) is 0.0205. The van der Waals surface area contributed by atoms with Crippen LogP contribution < -0.4 is 33.6 Å². The molecule has 0 aromatic carbocycles. The van der Waals surface area contributed by atoms with Gasteiger partial charge in [0, 0.05) is 24.3 Å². The van der Waals surface area contributed by atoms with Gasteiger partial charge in [0.25, 0.3) is 5.91 Å². The number of hydrogen-bond acceptors (Lipinski definition) is 13.